The summed E-state index contributed by atoms with van der Waals surface area (Å²) in [6.45, 7) is 3.88. The van der Waals surface area contributed by atoms with Crippen molar-refractivity contribution in [2.75, 3.05) is 32.2 Å². The highest BCUT2D eigenvalue weighted by molar-refractivity contribution is 5.62. The van der Waals surface area contributed by atoms with E-state index in [1.165, 1.54) is 0 Å². The zero-order chi connectivity index (χ0) is 13.3. The Hall–Kier alpha value is -1.73. The van der Waals surface area contributed by atoms with Crippen molar-refractivity contribution in [2.24, 2.45) is 0 Å². The van der Waals surface area contributed by atoms with Gasteiger partial charge in [-0.1, -0.05) is 0 Å². The average molecular weight is 263 g/mol. The molecule has 3 rings (SSSR count). The summed E-state index contributed by atoms with van der Waals surface area (Å²) < 4.78 is 12.9. The molecule has 19 heavy (non-hydrogen) atoms. The van der Waals surface area contributed by atoms with Crippen LogP contribution >= 0.6 is 0 Å². The summed E-state index contributed by atoms with van der Waals surface area (Å²) in [5.74, 6) is 1.55. The fraction of sp³-hybridized carbons (Fsp3) is 0.583. The number of methoxy groups -OCH3 is 1. The molecule has 7 heteroatoms. The molecular weight excluding hydrogens is 246 g/mol. The summed E-state index contributed by atoms with van der Waals surface area (Å²) in [6, 6.07) is 0. The zero-order valence-corrected chi connectivity index (χ0v) is 11.1. The molecular formula is C12H17N5O2. The smallest absolute Gasteiger partial charge is 0.203 e. The predicted octanol–water partition coefficient (Wildman–Crippen LogP) is 0.650. The van der Waals surface area contributed by atoms with Gasteiger partial charge in [-0.3, -0.25) is 4.40 Å². The lowest BCUT2D eigenvalue weighted by molar-refractivity contribution is -0.00623. The number of aryl methyl sites for hydroxylation is 1. The van der Waals surface area contributed by atoms with Gasteiger partial charge < -0.3 is 14.8 Å². The van der Waals surface area contributed by atoms with E-state index < -0.39 is 0 Å². The number of aromatic nitrogens is 4. The minimum absolute atomic E-state index is 0.274. The highest BCUT2D eigenvalue weighted by Crippen LogP contribution is 2.23. The normalized spacial score (nSPS) is 23.1. The Morgan fingerprint density at radius 2 is 2.42 bits per heavy atom. The first-order valence-electron chi connectivity index (χ1n) is 6.27. The third-order valence-electron chi connectivity index (χ3n) is 3.58. The van der Waals surface area contributed by atoms with Gasteiger partial charge in [0.15, 0.2) is 5.82 Å². The van der Waals surface area contributed by atoms with Crippen LogP contribution in [-0.2, 0) is 9.47 Å². The number of nitrogens with one attached hydrogen (secondary N) is 1. The van der Waals surface area contributed by atoms with Crippen molar-refractivity contribution in [3.63, 3.8) is 0 Å². The van der Waals surface area contributed by atoms with E-state index in [1.807, 2.05) is 17.5 Å². The molecule has 0 aliphatic carbocycles. The fourth-order valence-electron chi connectivity index (χ4n) is 2.27. The predicted molar refractivity (Wildman–Crippen MR) is 69.2 cm³/mol. The largest absolute Gasteiger partial charge is 0.378 e. The van der Waals surface area contributed by atoms with E-state index in [1.54, 1.807) is 13.3 Å². The van der Waals surface area contributed by atoms with Crippen LogP contribution in [0.3, 0.4) is 0 Å². The van der Waals surface area contributed by atoms with Gasteiger partial charge in [-0.2, -0.15) is 0 Å². The maximum atomic E-state index is 5.58. The summed E-state index contributed by atoms with van der Waals surface area (Å²) in [6.07, 6.45) is 4.46. The zero-order valence-electron chi connectivity index (χ0n) is 11.1. The van der Waals surface area contributed by atoms with E-state index in [2.05, 4.69) is 20.5 Å². The molecule has 1 unspecified atom stereocenters. The Morgan fingerprint density at radius 3 is 3.16 bits per heavy atom. The molecule has 0 aromatic carbocycles. The molecule has 1 aliphatic rings. The molecule has 1 aliphatic heterocycles. The molecule has 0 saturated carbocycles. The Bertz CT molecular complexity index is 577. The van der Waals surface area contributed by atoms with Gasteiger partial charge in [-0.15, -0.1) is 10.2 Å². The molecule has 0 radical (unpaired) electrons. The van der Waals surface area contributed by atoms with Gasteiger partial charge in [0.25, 0.3) is 0 Å². The highest BCUT2D eigenvalue weighted by atomic mass is 16.5. The van der Waals surface area contributed by atoms with Crippen LogP contribution in [0.5, 0.6) is 0 Å². The maximum absolute atomic E-state index is 5.58. The second-order valence-electron chi connectivity index (χ2n) is 4.76. The summed E-state index contributed by atoms with van der Waals surface area (Å²) in [5, 5.41) is 11.5. The number of nitrogens with zero attached hydrogens (tertiary/aromatic N) is 4. The summed E-state index contributed by atoms with van der Waals surface area (Å²) in [4.78, 5) is 4.32. The molecule has 1 atom stereocenters. The first kappa shape index (κ1) is 12.3. The van der Waals surface area contributed by atoms with E-state index >= 15 is 0 Å². The van der Waals surface area contributed by atoms with Gasteiger partial charge in [-0.25, -0.2) is 4.98 Å². The molecule has 0 amide bonds. The first-order chi connectivity index (χ1) is 9.24. The molecule has 2 aromatic rings. The van der Waals surface area contributed by atoms with Gasteiger partial charge >= 0.3 is 0 Å². The molecule has 3 heterocycles. The molecule has 1 fully saturated rings. The number of hydrogen-bond donors (Lipinski definition) is 1. The minimum Gasteiger partial charge on any atom is -0.378 e. The van der Waals surface area contributed by atoms with Crippen molar-refractivity contribution in [3.8, 4) is 0 Å². The van der Waals surface area contributed by atoms with Gasteiger partial charge in [0.05, 0.1) is 6.61 Å². The number of rotatable bonds is 4. The van der Waals surface area contributed by atoms with Crippen LogP contribution in [0, 0.1) is 6.92 Å². The van der Waals surface area contributed by atoms with Crippen LogP contribution < -0.4 is 5.32 Å². The quantitative estimate of drug-likeness (QED) is 0.873. The van der Waals surface area contributed by atoms with Crippen LogP contribution in [0.2, 0.25) is 0 Å². The van der Waals surface area contributed by atoms with Gasteiger partial charge in [0.1, 0.15) is 11.4 Å². The highest BCUT2D eigenvalue weighted by Gasteiger charge is 2.35. The monoisotopic (exact) mass is 263 g/mol. The molecule has 1 saturated heterocycles. The second kappa shape index (κ2) is 4.75. The third kappa shape index (κ3) is 2.15. The van der Waals surface area contributed by atoms with Gasteiger partial charge in [-0.05, 0) is 6.92 Å². The van der Waals surface area contributed by atoms with Crippen LogP contribution in [0.25, 0.3) is 5.65 Å². The maximum Gasteiger partial charge on any atom is 0.203 e. The molecule has 0 bridgehead atoms. The van der Waals surface area contributed by atoms with Gasteiger partial charge in [0, 0.05) is 39.1 Å². The van der Waals surface area contributed by atoms with E-state index in [4.69, 9.17) is 9.47 Å². The number of hydrogen-bond acceptors (Lipinski definition) is 6. The standard InChI is InChI=1S/C12H17N5O2/c1-9-15-16-11-10(13-4-5-17(9)11)14-7-12(18-2)3-6-19-8-12/h4-5H,3,6-8H2,1-2H3,(H,13,14). The SMILES string of the molecule is COC1(CNc2nccn3c(C)nnc23)CCOC1. The minimum atomic E-state index is -0.274. The Balaban J connectivity index is 1.82. The molecule has 0 spiro atoms. The van der Waals surface area contributed by atoms with Crippen LogP contribution in [0.1, 0.15) is 12.2 Å². The number of fused-ring (bicyclic) bond motifs is 1. The van der Waals surface area contributed by atoms with Crippen LogP contribution in [-0.4, -0.2) is 52.1 Å². The average Bonchev–Trinajstić information content (AvgIpc) is 3.05. The Morgan fingerprint density at radius 1 is 1.53 bits per heavy atom. The molecule has 7 nitrogen and oxygen atoms in total. The fourth-order valence-corrected chi connectivity index (χ4v) is 2.27. The lowest BCUT2D eigenvalue weighted by Gasteiger charge is -2.26. The van der Waals surface area contributed by atoms with E-state index in [9.17, 15) is 0 Å². The molecule has 102 valence electrons. The summed E-state index contributed by atoms with van der Waals surface area (Å²) in [7, 11) is 1.71. The van der Waals surface area contributed by atoms with E-state index in [0.29, 0.717) is 19.0 Å². The lowest BCUT2D eigenvalue weighted by atomic mass is 10.0. The lowest BCUT2D eigenvalue weighted by Crippen LogP contribution is -2.39. The third-order valence-corrected chi connectivity index (χ3v) is 3.58. The van der Waals surface area contributed by atoms with Crippen LogP contribution in [0.15, 0.2) is 12.4 Å². The van der Waals surface area contributed by atoms with Crippen molar-refractivity contribution in [1.29, 1.82) is 0 Å². The Labute approximate surface area is 111 Å². The van der Waals surface area contributed by atoms with Crippen molar-refractivity contribution < 1.29 is 9.47 Å². The number of ether oxygens (including phenoxy) is 2. The van der Waals surface area contributed by atoms with Crippen molar-refractivity contribution in [1.82, 2.24) is 19.6 Å². The van der Waals surface area contributed by atoms with Crippen molar-refractivity contribution >= 4 is 11.5 Å². The summed E-state index contributed by atoms with van der Waals surface area (Å²) >= 11 is 0. The van der Waals surface area contributed by atoms with Crippen molar-refractivity contribution in [2.45, 2.75) is 18.9 Å². The van der Waals surface area contributed by atoms with Crippen molar-refractivity contribution in [3.05, 3.63) is 18.2 Å². The first-order valence-corrected chi connectivity index (χ1v) is 6.27. The van der Waals surface area contributed by atoms with E-state index in [0.717, 1.165) is 24.5 Å². The summed E-state index contributed by atoms with van der Waals surface area (Å²) in [5.41, 5.74) is 0.453. The second-order valence-corrected chi connectivity index (χ2v) is 4.76. The topological polar surface area (TPSA) is 73.6 Å². The molecule has 2 aromatic heterocycles. The van der Waals surface area contributed by atoms with E-state index in [-0.39, 0.29) is 5.60 Å². The molecule has 1 N–H and O–H groups in total. The van der Waals surface area contributed by atoms with Crippen LogP contribution in [0.4, 0.5) is 5.82 Å². The number of anilines is 1. The van der Waals surface area contributed by atoms with Gasteiger partial charge in [0.2, 0.25) is 5.65 Å². The Kier molecular flexibility index (Phi) is 3.08.